The summed E-state index contributed by atoms with van der Waals surface area (Å²) in [7, 11) is -3.27. The summed E-state index contributed by atoms with van der Waals surface area (Å²) in [5, 5.41) is -0.674. The van der Waals surface area contributed by atoms with Gasteiger partial charge in [0.05, 0.1) is 0 Å². The van der Waals surface area contributed by atoms with E-state index in [0.29, 0.717) is 0 Å². The summed E-state index contributed by atoms with van der Waals surface area (Å²) >= 11 is -2.22. The lowest BCUT2D eigenvalue weighted by Crippen LogP contribution is -2.07. The van der Waals surface area contributed by atoms with Crippen molar-refractivity contribution in [2.75, 3.05) is 11.3 Å². The van der Waals surface area contributed by atoms with E-state index in [0.717, 1.165) is 6.26 Å². The van der Waals surface area contributed by atoms with E-state index in [1.807, 2.05) is 0 Å². The Kier molecular flexibility index (Phi) is 2.58. The van der Waals surface area contributed by atoms with Crippen molar-refractivity contribution in [3.8, 4) is 0 Å². The maximum absolute atomic E-state index is 10.1. The average molecular weight is 158 g/mol. The summed E-state index contributed by atoms with van der Waals surface area (Å²) in [5.74, 6) is 0. The van der Waals surface area contributed by atoms with Crippen LogP contribution in [0.5, 0.6) is 0 Å². The van der Waals surface area contributed by atoms with Crippen LogP contribution in [0, 0.1) is 0 Å². The summed E-state index contributed by atoms with van der Waals surface area (Å²) in [6.45, 7) is 0. The average Bonchev–Trinajstić information content (AvgIpc) is 1.21. The third-order valence-corrected chi connectivity index (χ3v) is 2.83. The SMILES string of the molecule is CS(=O)(=O)CS(=O)O. The second-order valence-electron chi connectivity index (χ2n) is 1.37. The van der Waals surface area contributed by atoms with E-state index in [2.05, 4.69) is 0 Å². The van der Waals surface area contributed by atoms with E-state index in [4.69, 9.17) is 4.55 Å². The highest BCUT2D eigenvalue weighted by Crippen LogP contribution is 1.83. The Morgan fingerprint density at radius 1 is 1.62 bits per heavy atom. The number of hydrogen-bond acceptors (Lipinski definition) is 3. The Morgan fingerprint density at radius 2 is 2.00 bits per heavy atom. The van der Waals surface area contributed by atoms with E-state index < -0.39 is 26.0 Å². The molecule has 8 heavy (non-hydrogen) atoms. The van der Waals surface area contributed by atoms with Gasteiger partial charge in [-0.1, -0.05) is 0 Å². The molecule has 0 fully saturated rings. The molecule has 0 rings (SSSR count). The standard InChI is InChI=1S/C2H6O4S2/c1-8(5,6)2-7(3)4/h2H2,1H3,(H,3,4). The molecule has 0 heterocycles. The van der Waals surface area contributed by atoms with Gasteiger partial charge in [0.2, 0.25) is 0 Å². The molecule has 4 nitrogen and oxygen atoms in total. The highest BCUT2D eigenvalue weighted by molar-refractivity contribution is 8.02. The zero-order valence-corrected chi connectivity index (χ0v) is 5.83. The van der Waals surface area contributed by atoms with Gasteiger partial charge in [-0.25, -0.2) is 12.6 Å². The zero-order chi connectivity index (χ0) is 6.78. The van der Waals surface area contributed by atoms with Crippen LogP contribution in [0.25, 0.3) is 0 Å². The molecule has 0 radical (unpaired) electrons. The van der Waals surface area contributed by atoms with Gasteiger partial charge in [-0.05, 0) is 0 Å². The summed E-state index contributed by atoms with van der Waals surface area (Å²) in [4.78, 5) is 0. The third kappa shape index (κ3) is 6.06. The Morgan fingerprint density at radius 3 is 2.00 bits per heavy atom. The molecule has 0 aliphatic carbocycles. The largest absolute Gasteiger partial charge is 0.305 e. The van der Waals surface area contributed by atoms with E-state index in [9.17, 15) is 12.6 Å². The summed E-state index contributed by atoms with van der Waals surface area (Å²) in [6, 6.07) is 0. The molecule has 0 aromatic heterocycles. The Balaban J connectivity index is 3.95. The third-order valence-electron chi connectivity index (χ3n) is 0.315. The summed E-state index contributed by atoms with van der Waals surface area (Å²) in [5.41, 5.74) is 0. The first-order chi connectivity index (χ1) is 3.42. The normalized spacial score (nSPS) is 15.8. The molecule has 0 aromatic carbocycles. The molecule has 0 saturated heterocycles. The van der Waals surface area contributed by atoms with Crippen LogP contribution in [0.1, 0.15) is 0 Å². The van der Waals surface area contributed by atoms with Crippen molar-refractivity contribution in [3.05, 3.63) is 0 Å². The van der Waals surface area contributed by atoms with Crippen LogP contribution in [-0.2, 0) is 20.9 Å². The van der Waals surface area contributed by atoms with Gasteiger partial charge in [0.25, 0.3) is 0 Å². The van der Waals surface area contributed by atoms with E-state index >= 15 is 0 Å². The second kappa shape index (κ2) is 2.56. The maximum atomic E-state index is 10.1. The van der Waals surface area contributed by atoms with Gasteiger partial charge in [-0.15, -0.1) is 0 Å². The molecule has 1 atom stereocenters. The van der Waals surface area contributed by atoms with Crippen LogP contribution in [-0.4, -0.2) is 28.5 Å². The molecule has 0 aliphatic heterocycles. The summed E-state index contributed by atoms with van der Waals surface area (Å²) < 4.78 is 37.9. The van der Waals surface area contributed by atoms with Crippen molar-refractivity contribution in [1.82, 2.24) is 0 Å². The molecule has 1 unspecified atom stereocenters. The fourth-order valence-electron chi connectivity index (χ4n) is 0.183. The fourth-order valence-corrected chi connectivity index (χ4v) is 1.65. The maximum Gasteiger partial charge on any atom is 0.168 e. The molecule has 6 heteroatoms. The summed E-state index contributed by atoms with van der Waals surface area (Å²) in [6.07, 6.45) is 0.904. The van der Waals surface area contributed by atoms with Gasteiger partial charge in [0, 0.05) is 6.26 Å². The molecular weight excluding hydrogens is 152 g/mol. The number of hydrogen-bond donors (Lipinski definition) is 1. The molecule has 0 saturated carbocycles. The van der Waals surface area contributed by atoms with Gasteiger partial charge >= 0.3 is 0 Å². The number of sulfone groups is 1. The molecule has 0 aromatic rings. The predicted octanol–water partition coefficient (Wildman–Crippen LogP) is -0.790. The molecular formula is C2H6O4S2. The van der Waals surface area contributed by atoms with Crippen LogP contribution >= 0.6 is 0 Å². The minimum absolute atomic E-state index is 0.674. The first-order valence-electron chi connectivity index (χ1n) is 1.67. The van der Waals surface area contributed by atoms with Crippen molar-refractivity contribution in [3.63, 3.8) is 0 Å². The van der Waals surface area contributed by atoms with Crippen molar-refractivity contribution >= 4 is 20.9 Å². The Labute approximate surface area is 50.1 Å². The lowest BCUT2D eigenvalue weighted by Gasteiger charge is -1.87. The Bertz CT molecular complexity index is 178. The monoisotopic (exact) mass is 158 g/mol. The molecule has 50 valence electrons. The lowest BCUT2D eigenvalue weighted by atomic mass is 11.9. The van der Waals surface area contributed by atoms with Crippen LogP contribution in [0.2, 0.25) is 0 Å². The van der Waals surface area contributed by atoms with Gasteiger partial charge < -0.3 is 4.55 Å². The van der Waals surface area contributed by atoms with Gasteiger partial charge in [0.15, 0.2) is 26.0 Å². The van der Waals surface area contributed by atoms with Gasteiger partial charge in [-0.2, -0.15) is 0 Å². The lowest BCUT2D eigenvalue weighted by molar-refractivity contribution is 0.566. The van der Waals surface area contributed by atoms with E-state index in [1.54, 1.807) is 0 Å². The van der Waals surface area contributed by atoms with Crippen molar-refractivity contribution in [2.24, 2.45) is 0 Å². The molecule has 0 amide bonds. The quantitative estimate of drug-likeness (QED) is 0.534. The minimum atomic E-state index is -3.27. The van der Waals surface area contributed by atoms with Crippen LogP contribution < -0.4 is 0 Å². The second-order valence-corrected chi connectivity index (χ2v) is 4.80. The van der Waals surface area contributed by atoms with Crippen LogP contribution in [0.15, 0.2) is 0 Å². The smallest absolute Gasteiger partial charge is 0.168 e. The predicted molar refractivity (Wildman–Crippen MR) is 30.5 cm³/mol. The topological polar surface area (TPSA) is 71.4 Å². The minimum Gasteiger partial charge on any atom is -0.305 e. The molecule has 1 N–H and O–H groups in total. The fraction of sp³-hybridized carbons (Fsp3) is 1.00. The van der Waals surface area contributed by atoms with Crippen LogP contribution in [0.3, 0.4) is 0 Å². The van der Waals surface area contributed by atoms with Crippen molar-refractivity contribution in [1.29, 1.82) is 0 Å². The van der Waals surface area contributed by atoms with Gasteiger partial charge in [0.1, 0.15) is 0 Å². The van der Waals surface area contributed by atoms with Crippen molar-refractivity contribution in [2.45, 2.75) is 0 Å². The highest BCUT2D eigenvalue weighted by Gasteiger charge is 2.04. The Hall–Kier alpha value is 0.0600. The highest BCUT2D eigenvalue weighted by atomic mass is 32.3. The zero-order valence-electron chi connectivity index (χ0n) is 4.20. The van der Waals surface area contributed by atoms with Gasteiger partial charge in [-0.3, -0.25) is 0 Å². The van der Waals surface area contributed by atoms with E-state index in [-0.39, 0.29) is 0 Å². The first kappa shape index (κ1) is 8.06. The van der Waals surface area contributed by atoms with Crippen LogP contribution in [0.4, 0.5) is 0 Å². The molecule has 0 spiro atoms. The first-order valence-corrected chi connectivity index (χ1v) is 5.00. The van der Waals surface area contributed by atoms with Crippen molar-refractivity contribution < 1.29 is 17.2 Å². The molecule has 0 aliphatic rings. The molecule has 0 bridgehead atoms. The van der Waals surface area contributed by atoms with E-state index in [1.165, 1.54) is 0 Å². The number of rotatable bonds is 2.